The van der Waals surface area contributed by atoms with Gasteiger partial charge in [-0.25, -0.2) is 15.0 Å². The second-order valence-corrected chi connectivity index (χ2v) is 7.03. The predicted molar refractivity (Wildman–Crippen MR) is 133 cm³/mol. The maximum atomic E-state index is 5.51. The van der Waals surface area contributed by atoms with Gasteiger partial charge >= 0.3 is 0 Å². The lowest BCUT2D eigenvalue weighted by atomic mass is 10.2. The molecule has 172 valence electrons. The summed E-state index contributed by atoms with van der Waals surface area (Å²) in [6.45, 7) is 2.85. The third-order valence-electron chi connectivity index (χ3n) is 4.76. The SMILES string of the molecule is C.CCN(C)C(=S)N(C)c1ccc2ncc(Nc3cc(OC)c(OC)c(OC)c3)nc2n1. The molecule has 9 nitrogen and oxygen atoms in total. The van der Waals surface area contributed by atoms with Crippen molar-refractivity contribution in [3.63, 3.8) is 0 Å². The number of benzene rings is 1. The molecule has 32 heavy (non-hydrogen) atoms. The zero-order valence-electron chi connectivity index (χ0n) is 18.5. The zero-order valence-corrected chi connectivity index (χ0v) is 19.3. The lowest BCUT2D eigenvalue weighted by Gasteiger charge is -2.26. The highest BCUT2D eigenvalue weighted by molar-refractivity contribution is 7.80. The van der Waals surface area contributed by atoms with Crippen LogP contribution in [-0.4, -0.2) is 66.9 Å². The fourth-order valence-electron chi connectivity index (χ4n) is 2.93. The summed E-state index contributed by atoms with van der Waals surface area (Å²) in [6.07, 6.45) is 1.64. The lowest BCUT2D eigenvalue weighted by Crippen LogP contribution is -2.38. The Labute approximate surface area is 194 Å². The van der Waals surface area contributed by atoms with Crippen LogP contribution in [0, 0.1) is 0 Å². The molecule has 0 bridgehead atoms. The van der Waals surface area contributed by atoms with Crippen LogP contribution in [0.1, 0.15) is 14.4 Å². The Morgan fingerprint density at radius 2 is 1.69 bits per heavy atom. The normalized spacial score (nSPS) is 10.2. The number of hydrogen-bond donors (Lipinski definition) is 1. The first kappa shape index (κ1) is 24.9. The molecule has 2 heterocycles. The number of anilines is 3. The molecule has 0 amide bonds. The number of nitrogens with one attached hydrogen (secondary N) is 1. The minimum Gasteiger partial charge on any atom is -0.493 e. The van der Waals surface area contributed by atoms with E-state index in [1.807, 2.05) is 43.0 Å². The van der Waals surface area contributed by atoms with Crippen molar-refractivity contribution in [3.8, 4) is 17.2 Å². The Bertz CT molecular complexity index is 1070. The Morgan fingerprint density at radius 1 is 1.03 bits per heavy atom. The lowest BCUT2D eigenvalue weighted by molar-refractivity contribution is 0.324. The number of ether oxygens (including phenoxy) is 3. The maximum Gasteiger partial charge on any atom is 0.203 e. The van der Waals surface area contributed by atoms with Crippen molar-refractivity contribution in [2.45, 2.75) is 14.4 Å². The van der Waals surface area contributed by atoms with Crippen molar-refractivity contribution < 1.29 is 14.2 Å². The van der Waals surface area contributed by atoms with Crippen LogP contribution in [-0.2, 0) is 0 Å². The average Bonchev–Trinajstić information content (AvgIpc) is 2.81. The van der Waals surface area contributed by atoms with Crippen LogP contribution in [0.3, 0.4) is 0 Å². The largest absolute Gasteiger partial charge is 0.493 e. The van der Waals surface area contributed by atoms with Crippen molar-refractivity contribution >= 4 is 45.8 Å². The molecule has 0 aliphatic carbocycles. The van der Waals surface area contributed by atoms with Crippen molar-refractivity contribution in [3.05, 3.63) is 30.5 Å². The highest BCUT2D eigenvalue weighted by Crippen LogP contribution is 2.40. The number of hydrogen-bond acceptors (Lipinski definition) is 8. The molecule has 0 spiro atoms. The third-order valence-corrected chi connectivity index (χ3v) is 5.35. The van der Waals surface area contributed by atoms with Gasteiger partial charge in [-0.05, 0) is 31.3 Å². The minimum absolute atomic E-state index is 0. The standard InChI is InChI=1S/C21H26N6O3S.CH4/c1-7-26(2)21(31)27(3)18-9-8-14-20(25-18)24-17(12-22-14)23-13-10-15(28-4)19(30-6)16(11-13)29-5;/h8-12H,7H2,1-6H3,(H,23,24,25);1H4. The fourth-order valence-corrected chi connectivity index (χ4v) is 3.15. The van der Waals surface area contributed by atoms with Gasteiger partial charge < -0.3 is 29.3 Å². The number of thiocarbonyl (C=S) groups is 1. The third kappa shape index (κ3) is 5.08. The van der Waals surface area contributed by atoms with Crippen molar-refractivity contribution in [1.82, 2.24) is 19.9 Å². The van der Waals surface area contributed by atoms with E-state index in [0.29, 0.717) is 50.8 Å². The smallest absolute Gasteiger partial charge is 0.203 e. The fraction of sp³-hybridized carbons (Fsp3) is 0.364. The van der Waals surface area contributed by atoms with E-state index in [4.69, 9.17) is 26.4 Å². The molecule has 3 rings (SSSR count). The molecule has 3 aromatic rings. The zero-order chi connectivity index (χ0) is 22.5. The Morgan fingerprint density at radius 3 is 2.25 bits per heavy atom. The van der Waals surface area contributed by atoms with Crippen LogP contribution in [0.5, 0.6) is 17.2 Å². The van der Waals surface area contributed by atoms with E-state index in [1.165, 1.54) is 0 Å². The maximum absolute atomic E-state index is 5.51. The summed E-state index contributed by atoms with van der Waals surface area (Å²) in [5.74, 6) is 2.81. The molecule has 0 aliphatic rings. The highest BCUT2D eigenvalue weighted by Gasteiger charge is 2.15. The van der Waals surface area contributed by atoms with Crippen LogP contribution in [0.2, 0.25) is 0 Å². The van der Waals surface area contributed by atoms with Crippen LogP contribution < -0.4 is 24.4 Å². The number of nitrogens with zero attached hydrogens (tertiary/aromatic N) is 5. The summed E-state index contributed by atoms with van der Waals surface area (Å²) in [5, 5.41) is 3.89. The monoisotopic (exact) mass is 458 g/mol. The molecule has 0 saturated heterocycles. The van der Waals surface area contributed by atoms with Gasteiger partial charge in [0.15, 0.2) is 28.1 Å². The summed E-state index contributed by atoms with van der Waals surface area (Å²) in [5.41, 5.74) is 1.90. The van der Waals surface area contributed by atoms with Crippen molar-refractivity contribution in [1.29, 1.82) is 0 Å². The first-order valence-corrected chi connectivity index (χ1v) is 10.0. The number of aromatic nitrogens is 3. The second-order valence-electron chi connectivity index (χ2n) is 6.66. The highest BCUT2D eigenvalue weighted by atomic mass is 32.1. The van der Waals surface area contributed by atoms with Crippen molar-refractivity contribution in [2.24, 2.45) is 0 Å². The van der Waals surface area contributed by atoms with Gasteiger partial charge in [0, 0.05) is 38.5 Å². The van der Waals surface area contributed by atoms with Gasteiger partial charge in [0.2, 0.25) is 5.75 Å². The molecule has 0 radical (unpaired) electrons. The number of fused-ring (bicyclic) bond motifs is 1. The summed E-state index contributed by atoms with van der Waals surface area (Å²) < 4.78 is 16.2. The quantitative estimate of drug-likeness (QED) is 0.522. The number of methoxy groups -OCH3 is 3. The summed E-state index contributed by atoms with van der Waals surface area (Å²) >= 11 is 5.51. The molecule has 0 saturated carbocycles. The van der Waals surface area contributed by atoms with Gasteiger partial charge in [-0.3, -0.25) is 0 Å². The topological polar surface area (TPSA) is 84.9 Å². The molecule has 0 aliphatic heterocycles. The summed E-state index contributed by atoms with van der Waals surface area (Å²) in [4.78, 5) is 17.5. The van der Waals surface area contributed by atoms with E-state index in [0.717, 1.165) is 6.54 Å². The van der Waals surface area contributed by atoms with Crippen LogP contribution in [0.4, 0.5) is 17.3 Å². The molecule has 0 fully saturated rings. The number of rotatable bonds is 7. The first-order chi connectivity index (χ1) is 14.9. The van der Waals surface area contributed by atoms with Crippen LogP contribution >= 0.6 is 12.2 Å². The molecular formula is C22H30N6O3S. The Hall–Kier alpha value is -3.40. The van der Waals surface area contributed by atoms with Gasteiger partial charge in [0.1, 0.15) is 11.3 Å². The molecule has 2 aromatic heterocycles. The van der Waals surface area contributed by atoms with Gasteiger partial charge in [-0.2, -0.15) is 0 Å². The van der Waals surface area contributed by atoms with Gasteiger partial charge in [0.05, 0.1) is 27.5 Å². The number of pyridine rings is 1. The van der Waals surface area contributed by atoms with Gasteiger partial charge in [-0.15, -0.1) is 0 Å². The van der Waals surface area contributed by atoms with E-state index in [-0.39, 0.29) is 7.43 Å². The Kier molecular flexibility index (Phi) is 8.36. The molecule has 0 unspecified atom stereocenters. The molecular weight excluding hydrogens is 428 g/mol. The molecule has 1 N–H and O–H groups in total. The second kappa shape index (κ2) is 10.8. The van der Waals surface area contributed by atoms with Crippen LogP contribution in [0.15, 0.2) is 30.5 Å². The average molecular weight is 459 g/mol. The van der Waals surface area contributed by atoms with Crippen molar-refractivity contribution in [2.75, 3.05) is 52.2 Å². The van der Waals surface area contributed by atoms with Gasteiger partial charge in [-0.1, -0.05) is 7.43 Å². The van der Waals surface area contributed by atoms with E-state index in [1.54, 1.807) is 39.7 Å². The Balaban J connectivity index is 0.00000363. The van der Waals surface area contributed by atoms with E-state index >= 15 is 0 Å². The summed E-state index contributed by atoms with van der Waals surface area (Å²) in [7, 11) is 8.53. The molecule has 10 heteroatoms. The molecule has 1 aromatic carbocycles. The predicted octanol–water partition coefficient (Wildman–Crippen LogP) is 4.10. The molecule has 0 atom stereocenters. The minimum atomic E-state index is 0. The van der Waals surface area contributed by atoms with E-state index < -0.39 is 0 Å². The summed E-state index contributed by atoms with van der Waals surface area (Å²) in [6, 6.07) is 7.34. The van der Waals surface area contributed by atoms with Crippen LogP contribution in [0.25, 0.3) is 11.2 Å². The van der Waals surface area contributed by atoms with Gasteiger partial charge in [0.25, 0.3) is 0 Å². The van der Waals surface area contributed by atoms with E-state index in [9.17, 15) is 0 Å². The first-order valence-electron chi connectivity index (χ1n) is 9.61. The van der Waals surface area contributed by atoms with E-state index in [2.05, 4.69) is 20.3 Å².